The van der Waals surface area contributed by atoms with Gasteiger partial charge in [-0.2, -0.15) is 26.3 Å². The molecule has 0 radical (unpaired) electrons. The van der Waals surface area contributed by atoms with E-state index in [4.69, 9.17) is 9.47 Å². The van der Waals surface area contributed by atoms with Crippen LogP contribution in [-0.2, 0) is 34.0 Å². The van der Waals surface area contributed by atoms with E-state index in [2.05, 4.69) is 10.3 Å². The zero-order chi connectivity index (χ0) is 29.4. The fourth-order valence-electron chi connectivity index (χ4n) is 3.96. The summed E-state index contributed by atoms with van der Waals surface area (Å²) in [6.45, 7) is 0.996. The van der Waals surface area contributed by atoms with Crippen LogP contribution in [0.1, 0.15) is 47.3 Å². The molecule has 0 aliphatic heterocycles. The smallest absolute Gasteiger partial charge is 0.416 e. The Morgan fingerprint density at radius 2 is 1.43 bits per heavy atom. The van der Waals surface area contributed by atoms with Gasteiger partial charge in [0.25, 0.3) is 0 Å². The monoisotopic (exact) mass is 566 g/mol. The molecule has 0 aromatic heterocycles. The van der Waals surface area contributed by atoms with E-state index in [-0.39, 0.29) is 31.3 Å². The number of alkyl halides is 6. The molecule has 0 aliphatic carbocycles. The van der Waals surface area contributed by atoms with Crippen LogP contribution < -0.4 is 5.32 Å². The first-order valence-corrected chi connectivity index (χ1v) is 12.2. The van der Waals surface area contributed by atoms with Gasteiger partial charge in [-0.1, -0.05) is 60.7 Å². The molecule has 0 saturated carbocycles. The molecule has 0 spiro atoms. The molecular formula is C29H28F6N2O3. The third kappa shape index (κ3) is 8.32. The van der Waals surface area contributed by atoms with Crippen LogP contribution in [0.2, 0.25) is 0 Å². The summed E-state index contributed by atoms with van der Waals surface area (Å²) < 4.78 is 91.6. The Morgan fingerprint density at radius 3 is 1.95 bits per heavy atom. The molecule has 1 N–H and O–H groups in total. The van der Waals surface area contributed by atoms with E-state index in [0.717, 1.165) is 5.56 Å². The maximum absolute atomic E-state index is 13.4. The van der Waals surface area contributed by atoms with Crippen LogP contribution in [-0.4, -0.2) is 26.0 Å². The summed E-state index contributed by atoms with van der Waals surface area (Å²) in [4.78, 5) is 16.9. The number of carbonyl (C=O) groups excluding carboxylic acids is 1. The predicted octanol–water partition coefficient (Wildman–Crippen LogP) is 7.71. The van der Waals surface area contributed by atoms with Crippen molar-refractivity contribution in [3.05, 3.63) is 107 Å². The quantitative estimate of drug-likeness (QED) is 0.202. The van der Waals surface area contributed by atoms with Crippen LogP contribution in [0.4, 0.5) is 31.1 Å². The van der Waals surface area contributed by atoms with Gasteiger partial charge in [0, 0.05) is 19.7 Å². The standard InChI is InChI=1S/C29H28F6N2O3/c1-20(22-15-24(28(30,31)32)17-25(16-22)29(33,34)35)40-19-27(13-14-36-2,23-11-7-4-8-12-23)37-26(38)39-18-21-9-5-3-6-10-21/h3-12,14-17,20H,13,18-19H2,1-2H3,(H,37,38)/b36-14-/t20-,27-/m1/s1. The van der Waals surface area contributed by atoms with Crippen molar-refractivity contribution in [2.24, 2.45) is 4.99 Å². The Hall–Kier alpha value is -3.86. The number of rotatable bonds is 10. The number of benzene rings is 3. The van der Waals surface area contributed by atoms with E-state index in [1.807, 2.05) is 6.07 Å². The van der Waals surface area contributed by atoms with Crippen molar-refractivity contribution in [1.29, 1.82) is 0 Å². The van der Waals surface area contributed by atoms with Gasteiger partial charge in [-0.25, -0.2) is 4.79 Å². The summed E-state index contributed by atoms with van der Waals surface area (Å²) >= 11 is 0. The molecule has 0 bridgehead atoms. The van der Waals surface area contributed by atoms with Gasteiger partial charge in [-0.05, 0) is 41.8 Å². The highest BCUT2D eigenvalue weighted by Gasteiger charge is 2.38. The summed E-state index contributed by atoms with van der Waals surface area (Å²) in [6, 6.07) is 18.9. The molecule has 3 rings (SSSR count). The van der Waals surface area contributed by atoms with Crippen molar-refractivity contribution in [1.82, 2.24) is 5.32 Å². The third-order valence-electron chi connectivity index (χ3n) is 6.16. The number of hydrogen-bond acceptors (Lipinski definition) is 4. The maximum atomic E-state index is 13.4. The second kappa shape index (κ2) is 13.0. The van der Waals surface area contributed by atoms with Gasteiger partial charge in [0.2, 0.25) is 0 Å². The number of ether oxygens (including phenoxy) is 2. The minimum absolute atomic E-state index is 0.0267. The van der Waals surface area contributed by atoms with Crippen LogP contribution in [0.25, 0.3) is 0 Å². The molecule has 40 heavy (non-hydrogen) atoms. The third-order valence-corrected chi connectivity index (χ3v) is 6.16. The van der Waals surface area contributed by atoms with Crippen LogP contribution in [0.3, 0.4) is 0 Å². The molecule has 0 aliphatic rings. The zero-order valence-corrected chi connectivity index (χ0v) is 21.7. The molecule has 1 amide bonds. The molecule has 0 saturated heterocycles. The SMILES string of the molecule is C/N=C\C[C@](CO[C@H](C)c1cc(C(F)(F)F)cc(C(F)(F)F)c1)(NC(=O)OCc1ccccc1)c1ccccc1. The van der Waals surface area contributed by atoms with Gasteiger partial charge in [0.1, 0.15) is 6.61 Å². The lowest BCUT2D eigenvalue weighted by Crippen LogP contribution is -2.50. The number of carbonyl (C=O) groups is 1. The normalized spacial score (nSPS) is 14.5. The summed E-state index contributed by atoms with van der Waals surface area (Å²) in [5.41, 5.74) is -3.20. The van der Waals surface area contributed by atoms with Crippen molar-refractivity contribution >= 4 is 12.3 Å². The van der Waals surface area contributed by atoms with E-state index >= 15 is 0 Å². The number of halogens is 6. The molecule has 0 heterocycles. The van der Waals surface area contributed by atoms with Crippen molar-refractivity contribution in [2.75, 3.05) is 13.7 Å². The Balaban J connectivity index is 1.91. The van der Waals surface area contributed by atoms with E-state index in [0.29, 0.717) is 17.7 Å². The van der Waals surface area contributed by atoms with Gasteiger partial charge in [-0.15, -0.1) is 0 Å². The first-order valence-electron chi connectivity index (χ1n) is 12.2. The zero-order valence-electron chi connectivity index (χ0n) is 21.7. The summed E-state index contributed by atoms with van der Waals surface area (Å²) in [5, 5.41) is 2.79. The molecule has 0 unspecified atom stereocenters. The average Bonchev–Trinajstić information content (AvgIpc) is 2.93. The lowest BCUT2D eigenvalue weighted by atomic mass is 9.87. The topological polar surface area (TPSA) is 59.9 Å². The van der Waals surface area contributed by atoms with E-state index < -0.39 is 41.2 Å². The Morgan fingerprint density at radius 1 is 0.875 bits per heavy atom. The van der Waals surface area contributed by atoms with Crippen molar-refractivity contribution in [2.45, 2.75) is 43.9 Å². The lowest BCUT2D eigenvalue weighted by molar-refractivity contribution is -0.143. The lowest BCUT2D eigenvalue weighted by Gasteiger charge is -2.35. The highest BCUT2D eigenvalue weighted by molar-refractivity contribution is 5.71. The van der Waals surface area contributed by atoms with Crippen LogP contribution in [0.15, 0.2) is 83.9 Å². The van der Waals surface area contributed by atoms with E-state index in [1.54, 1.807) is 54.6 Å². The summed E-state index contributed by atoms with van der Waals surface area (Å²) in [5.74, 6) is 0. The van der Waals surface area contributed by atoms with Crippen LogP contribution in [0, 0.1) is 0 Å². The number of amides is 1. The van der Waals surface area contributed by atoms with Gasteiger partial charge in [0.05, 0.1) is 29.4 Å². The fraction of sp³-hybridized carbons (Fsp3) is 0.310. The number of hydrogen-bond donors (Lipinski definition) is 1. The van der Waals surface area contributed by atoms with Gasteiger partial charge >= 0.3 is 18.4 Å². The van der Waals surface area contributed by atoms with Crippen LogP contribution >= 0.6 is 0 Å². The van der Waals surface area contributed by atoms with Crippen LogP contribution in [0.5, 0.6) is 0 Å². The van der Waals surface area contributed by atoms with Crippen molar-refractivity contribution < 1.29 is 40.6 Å². The number of alkyl carbamates (subject to hydrolysis) is 1. The summed E-state index contributed by atoms with van der Waals surface area (Å²) in [6.07, 6.45) is -10.4. The minimum atomic E-state index is -4.99. The number of nitrogens with zero attached hydrogens (tertiary/aromatic N) is 1. The molecule has 3 aromatic carbocycles. The Kier molecular flexibility index (Phi) is 9.97. The summed E-state index contributed by atoms with van der Waals surface area (Å²) in [7, 11) is 1.52. The highest BCUT2D eigenvalue weighted by atomic mass is 19.4. The minimum Gasteiger partial charge on any atom is -0.445 e. The van der Waals surface area contributed by atoms with Gasteiger partial charge in [0.15, 0.2) is 0 Å². The van der Waals surface area contributed by atoms with E-state index in [1.165, 1.54) is 20.2 Å². The van der Waals surface area contributed by atoms with Crippen molar-refractivity contribution in [3.63, 3.8) is 0 Å². The van der Waals surface area contributed by atoms with Gasteiger partial charge < -0.3 is 19.8 Å². The molecular weight excluding hydrogens is 538 g/mol. The predicted molar refractivity (Wildman–Crippen MR) is 138 cm³/mol. The highest BCUT2D eigenvalue weighted by Crippen LogP contribution is 2.38. The van der Waals surface area contributed by atoms with E-state index in [9.17, 15) is 31.1 Å². The fourth-order valence-corrected chi connectivity index (χ4v) is 3.96. The maximum Gasteiger partial charge on any atom is 0.416 e. The molecule has 5 nitrogen and oxygen atoms in total. The number of nitrogens with one attached hydrogen (secondary N) is 1. The molecule has 3 aromatic rings. The Bertz CT molecular complexity index is 1250. The molecule has 2 atom stereocenters. The second-order valence-electron chi connectivity index (χ2n) is 9.07. The Labute approximate surface area is 227 Å². The molecule has 11 heteroatoms. The first-order chi connectivity index (χ1) is 18.8. The van der Waals surface area contributed by atoms with Crippen molar-refractivity contribution in [3.8, 4) is 0 Å². The first kappa shape index (κ1) is 30.7. The molecule has 214 valence electrons. The average molecular weight is 567 g/mol. The van der Waals surface area contributed by atoms with Gasteiger partial charge in [-0.3, -0.25) is 0 Å². The largest absolute Gasteiger partial charge is 0.445 e. The molecule has 0 fully saturated rings. The number of aliphatic imine (C=N–C) groups is 1. The second-order valence-corrected chi connectivity index (χ2v) is 9.07.